The van der Waals surface area contributed by atoms with Gasteiger partial charge in [-0.1, -0.05) is 31.5 Å². The lowest BCUT2D eigenvalue weighted by Crippen LogP contribution is -2.61. The van der Waals surface area contributed by atoms with E-state index in [4.69, 9.17) is 4.74 Å². The highest BCUT2D eigenvalue weighted by Gasteiger charge is 2.81. The van der Waals surface area contributed by atoms with E-state index < -0.39 is 42.0 Å². The minimum Gasteiger partial charge on any atom is -0.493 e. The van der Waals surface area contributed by atoms with Gasteiger partial charge in [-0.2, -0.15) is 39.5 Å². The van der Waals surface area contributed by atoms with Gasteiger partial charge in [0.05, 0.1) is 12.7 Å². The number of hydrogen-bond donors (Lipinski definition) is 1. The third kappa shape index (κ3) is 4.80. The van der Waals surface area contributed by atoms with Gasteiger partial charge in [-0.3, -0.25) is 0 Å². The molecule has 156 valence electrons. The van der Waals surface area contributed by atoms with Crippen molar-refractivity contribution in [1.82, 2.24) is 0 Å². The first-order chi connectivity index (χ1) is 12.2. The van der Waals surface area contributed by atoms with E-state index in [2.05, 4.69) is 0 Å². The molecule has 0 aliphatic rings. The number of alkyl halides is 9. The van der Waals surface area contributed by atoms with E-state index >= 15 is 0 Å². The Labute approximate surface area is 148 Å². The highest BCUT2D eigenvalue weighted by atomic mass is 19.4. The van der Waals surface area contributed by atoms with Crippen LogP contribution >= 0.6 is 0 Å². The highest BCUT2D eigenvalue weighted by Crippen LogP contribution is 2.55. The number of para-hydroxylation sites is 1. The lowest BCUT2D eigenvalue weighted by molar-refractivity contribution is -0.398. The van der Waals surface area contributed by atoms with Crippen molar-refractivity contribution >= 4 is 0 Å². The zero-order valence-electron chi connectivity index (χ0n) is 14.0. The van der Waals surface area contributed by atoms with E-state index in [1.54, 1.807) is 0 Å². The fourth-order valence-corrected chi connectivity index (χ4v) is 2.10. The predicted octanol–water partition coefficient (Wildman–Crippen LogP) is 5.76. The van der Waals surface area contributed by atoms with Crippen molar-refractivity contribution in [3.8, 4) is 5.75 Å². The fourth-order valence-electron chi connectivity index (χ4n) is 2.10. The first kappa shape index (κ1) is 23.4. The lowest BCUT2D eigenvalue weighted by Gasteiger charge is -2.34. The Balaban J connectivity index is 3.09. The predicted molar refractivity (Wildman–Crippen MR) is 77.3 cm³/mol. The van der Waals surface area contributed by atoms with E-state index in [1.807, 2.05) is 6.92 Å². The van der Waals surface area contributed by atoms with E-state index in [9.17, 15) is 44.6 Å². The summed E-state index contributed by atoms with van der Waals surface area (Å²) in [5, 5.41) is 9.81. The van der Waals surface area contributed by atoms with Gasteiger partial charge in [-0.25, -0.2) is 0 Å². The van der Waals surface area contributed by atoms with Crippen LogP contribution in [0.2, 0.25) is 0 Å². The molecule has 27 heavy (non-hydrogen) atoms. The molecule has 1 aromatic rings. The van der Waals surface area contributed by atoms with Crippen LogP contribution in [0.3, 0.4) is 0 Å². The van der Waals surface area contributed by atoms with Crippen molar-refractivity contribution < 1.29 is 49.4 Å². The van der Waals surface area contributed by atoms with Crippen molar-refractivity contribution in [2.75, 3.05) is 6.61 Å². The number of halogens is 9. The Morgan fingerprint density at radius 3 is 2.00 bits per heavy atom. The Hall–Kier alpha value is -1.65. The van der Waals surface area contributed by atoms with Crippen molar-refractivity contribution in [1.29, 1.82) is 0 Å². The maximum atomic E-state index is 13.7. The molecule has 11 heteroatoms. The molecule has 0 radical (unpaired) electrons. The Morgan fingerprint density at radius 1 is 0.926 bits per heavy atom. The molecule has 0 saturated heterocycles. The van der Waals surface area contributed by atoms with Crippen molar-refractivity contribution in [2.24, 2.45) is 0 Å². The number of aliphatic hydroxyl groups is 1. The van der Waals surface area contributed by atoms with Gasteiger partial charge < -0.3 is 9.84 Å². The second kappa shape index (κ2) is 8.15. The second-order valence-electron chi connectivity index (χ2n) is 5.81. The summed E-state index contributed by atoms with van der Waals surface area (Å²) in [6.45, 7) is 1.91. The minimum absolute atomic E-state index is 0.0962. The van der Waals surface area contributed by atoms with Gasteiger partial charge in [-0.15, -0.1) is 0 Å². The van der Waals surface area contributed by atoms with Crippen LogP contribution < -0.4 is 4.74 Å². The molecule has 0 heterocycles. The third-order valence-corrected chi connectivity index (χ3v) is 3.69. The molecule has 2 nitrogen and oxygen atoms in total. The molecule has 0 fully saturated rings. The van der Waals surface area contributed by atoms with E-state index in [0.717, 1.165) is 6.07 Å². The standard InChI is InChI=1S/C16H17F9O2/c1-2-3-8-27-12-7-5-4-6-10(12)11(26)9-13(17,18)14(19,20)15(21,22)16(23,24)25/h4-7,11,26H,2-3,8-9H2,1H3. The van der Waals surface area contributed by atoms with Gasteiger partial charge >= 0.3 is 23.9 Å². The Bertz CT molecular complexity index is 614. The monoisotopic (exact) mass is 412 g/mol. The number of benzene rings is 1. The van der Waals surface area contributed by atoms with Crippen LogP contribution in [0.5, 0.6) is 5.75 Å². The minimum atomic E-state index is -6.99. The number of hydrogen-bond acceptors (Lipinski definition) is 2. The molecule has 0 amide bonds. The maximum Gasteiger partial charge on any atom is 0.460 e. The first-order valence-electron chi connectivity index (χ1n) is 7.79. The van der Waals surface area contributed by atoms with Crippen LogP contribution in [0.1, 0.15) is 37.9 Å². The molecule has 1 unspecified atom stereocenters. The van der Waals surface area contributed by atoms with Crippen LogP contribution in [0.25, 0.3) is 0 Å². The van der Waals surface area contributed by atoms with E-state index in [1.165, 1.54) is 18.2 Å². The molecule has 0 aliphatic carbocycles. The summed E-state index contributed by atoms with van der Waals surface area (Å²) >= 11 is 0. The van der Waals surface area contributed by atoms with Gasteiger partial charge in [-0.05, 0) is 12.5 Å². The quantitative estimate of drug-likeness (QED) is 0.413. The van der Waals surface area contributed by atoms with Crippen molar-refractivity contribution in [3.63, 3.8) is 0 Å². The van der Waals surface area contributed by atoms with Crippen molar-refractivity contribution in [2.45, 2.75) is 56.2 Å². The normalized spacial score (nSPS) is 14.9. The SMILES string of the molecule is CCCCOc1ccccc1C(O)CC(F)(F)C(F)(F)C(F)(F)C(F)(F)F. The molecule has 0 aromatic heterocycles. The number of ether oxygens (including phenoxy) is 1. The molecule has 0 bridgehead atoms. The van der Waals surface area contributed by atoms with Crippen LogP contribution in [-0.2, 0) is 0 Å². The summed E-state index contributed by atoms with van der Waals surface area (Å²) in [5.41, 5.74) is -0.431. The fraction of sp³-hybridized carbons (Fsp3) is 0.625. The molecule has 0 spiro atoms. The summed E-state index contributed by atoms with van der Waals surface area (Å²) in [5.74, 6) is -19.8. The Kier molecular flexibility index (Phi) is 7.06. The Morgan fingerprint density at radius 2 is 1.48 bits per heavy atom. The summed E-state index contributed by atoms with van der Waals surface area (Å²) in [7, 11) is 0. The smallest absolute Gasteiger partial charge is 0.460 e. The molecular formula is C16H17F9O2. The second-order valence-corrected chi connectivity index (χ2v) is 5.81. The van der Waals surface area contributed by atoms with Crippen LogP contribution in [0.15, 0.2) is 24.3 Å². The summed E-state index contributed by atoms with van der Waals surface area (Å²) in [6, 6.07) is 4.84. The largest absolute Gasteiger partial charge is 0.493 e. The number of unbranched alkanes of at least 4 members (excludes halogenated alkanes) is 1. The first-order valence-corrected chi connectivity index (χ1v) is 7.79. The third-order valence-electron chi connectivity index (χ3n) is 3.69. The summed E-state index contributed by atoms with van der Waals surface area (Å²) in [4.78, 5) is 0. The average Bonchev–Trinajstić information content (AvgIpc) is 2.53. The van der Waals surface area contributed by atoms with Gasteiger partial charge in [0.2, 0.25) is 0 Å². The number of aliphatic hydroxyl groups excluding tert-OH is 1. The van der Waals surface area contributed by atoms with Crippen LogP contribution in [0, 0.1) is 0 Å². The highest BCUT2D eigenvalue weighted by molar-refractivity contribution is 5.35. The van der Waals surface area contributed by atoms with Gasteiger partial charge in [0.1, 0.15) is 5.75 Å². The summed E-state index contributed by atoms with van der Waals surface area (Å²) in [6.07, 6.45) is -10.5. The van der Waals surface area contributed by atoms with E-state index in [0.29, 0.717) is 12.8 Å². The van der Waals surface area contributed by atoms with Crippen LogP contribution in [-0.4, -0.2) is 35.7 Å². The van der Waals surface area contributed by atoms with E-state index in [-0.39, 0.29) is 12.4 Å². The van der Waals surface area contributed by atoms with Crippen molar-refractivity contribution in [3.05, 3.63) is 29.8 Å². The zero-order valence-corrected chi connectivity index (χ0v) is 14.0. The molecule has 1 N–H and O–H groups in total. The van der Waals surface area contributed by atoms with Gasteiger partial charge in [0, 0.05) is 12.0 Å². The van der Waals surface area contributed by atoms with Gasteiger partial charge in [0.25, 0.3) is 0 Å². The molecule has 1 aromatic carbocycles. The molecule has 0 saturated carbocycles. The summed E-state index contributed by atoms with van der Waals surface area (Å²) < 4.78 is 121. The zero-order chi connectivity index (χ0) is 21.1. The molecule has 0 aliphatic heterocycles. The lowest BCUT2D eigenvalue weighted by atomic mass is 9.95. The molecule has 1 atom stereocenters. The van der Waals surface area contributed by atoms with Gasteiger partial charge in [0.15, 0.2) is 0 Å². The molecule has 1 rings (SSSR count). The average molecular weight is 412 g/mol. The topological polar surface area (TPSA) is 29.5 Å². The molecular weight excluding hydrogens is 395 g/mol. The number of rotatable bonds is 9. The maximum absolute atomic E-state index is 13.7. The van der Waals surface area contributed by atoms with Crippen LogP contribution in [0.4, 0.5) is 39.5 Å².